The molecule has 0 bridgehead atoms. The van der Waals surface area contributed by atoms with Gasteiger partial charge in [-0.1, -0.05) is 22.0 Å². The highest BCUT2D eigenvalue weighted by atomic mass is 79.9. The average Bonchev–Trinajstić information content (AvgIpc) is 3.40. The quantitative estimate of drug-likeness (QED) is 0.341. The summed E-state index contributed by atoms with van der Waals surface area (Å²) < 4.78 is 11.8. The van der Waals surface area contributed by atoms with Crippen LogP contribution in [0.4, 0.5) is 5.69 Å². The van der Waals surface area contributed by atoms with Crippen molar-refractivity contribution in [1.29, 1.82) is 0 Å². The summed E-state index contributed by atoms with van der Waals surface area (Å²) in [4.78, 5) is 15.4. The van der Waals surface area contributed by atoms with Crippen LogP contribution in [-0.4, -0.2) is 34.9 Å². The van der Waals surface area contributed by atoms with Gasteiger partial charge in [0, 0.05) is 21.3 Å². The fraction of sp³-hybridized carbons (Fsp3) is 0.154. The molecule has 0 radical (unpaired) electrons. The van der Waals surface area contributed by atoms with Crippen LogP contribution in [0.1, 0.15) is 34.6 Å². The van der Waals surface area contributed by atoms with Gasteiger partial charge in [0.1, 0.15) is 11.4 Å². The van der Waals surface area contributed by atoms with Crippen LogP contribution in [0.3, 0.4) is 0 Å². The van der Waals surface area contributed by atoms with E-state index in [0.29, 0.717) is 23.7 Å². The van der Waals surface area contributed by atoms with Crippen molar-refractivity contribution in [2.75, 3.05) is 18.6 Å². The van der Waals surface area contributed by atoms with Crippen molar-refractivity contribution in [2.24, 2.45) is 0 Å². The second-order valence-electron chi connectivity index (χ2n) is 7.80. The molecule has 1 aliphatic rings. The second kappa shape index (κ2) is 8.87. The van der Waals surface area contributed by atoms with Crippen LogP contribution < -0.4 is 14.4 Å². The van der Waals surface area contributed by atoms with Gasteiger partial charge < -0.3 is 14.6 Å². The third kappa shape index (κ3) is 3.70. The summed E-state index contributed by atoms with van der Waals surface area (Å²) >= 11 is 3.46. The van der Waals surface area contributed by atoms with E-state index in [9.17, 15) is 9.90 Å². The summed E-state index contributed by atoms with van der Waals surface area (Å²) in [6, 6.07) is 19.9. The highest BCUT2D eigenvalue weighted by Crippen LogP contribution is 2.46. The van der Waals surface area contributed by atoms with Crippen LogP contribution in [0.5, 0.6) is 17.2 Å². The number of methoxy groups -OCH3 is 1. The van der Waals surface area contributed by atoms with Gasteiger partial charge in [-0.25, -0.2) is 0 Å². The molecule has 1 amide bonds. The van der Waals surface area contributed by atoms with Gasteiger partial charge >= 0.3 is 0 Å². The zero-order valence-corrected chi connectivity index (χ0v) is 20.2. The van der Waals surface area contributed by atoms with Gasteiger partial charge in [-0.15, -0.1) is 0 Å². The SMILES string of the molecule is CCOc1cc([C@H]2c3c(-c4ccc(OC)cc4)n[nH]c3C(=O)N2c2ccc(Br)cc2)ccc1O. The van der Waals surface area contributed by atoms with Crippen molar-refractivity contribution in [1.82, 2.24) is 10.2 Å². The Morgan fingerprint density at radius 1 is 1.09 bits per heavy atom. The molecule has 4 aromatic rings. The van der Waals surface area contributed by atoms with Crippen LogP contribution in [0.2, 0.25) is 0 Å². The highest BCUT2D eigenvalue weighted by Gasteiger charge is 2.43. The highest BCUT2D eigenvalue weighted by molar-refractivity contribution is 9.10. The van der Waals surface area contributed by atoms with Crippen LogP contribution in [0.25, 0.3) is 11.3 Å². The average molecular weight is 520 g/mol. The van der Waals surface area contributed by atoms with Gasteiger partial charge in [-0.2, -0.15) is 5.10 Å². The Hall–Kier alpha value is -3.78. The minimum absolute atomic E-state index is 0.0490. The smallest absolute Gasteiger partial charge is 0.277 e. The van der Waals surface area contributed by atoms with E-state index >= 15 is 0 Å². The Balaban J connectivity index is 1.70. The third-order valence-corrected chi connectivity index (χ3v) is 6.36. The number of ether oxygens (including phenoxy) is 2. The number of anilines is 1. The molecule has 8 heteroatoms. The fourth-order valence-electron chi connectivity index (χ4n) is 4.27. The number of H-pyrrole nitrogens is 1. The summed E-state index contributed by atoms with van der Waals surface area (Å²) in [5.41, 5.74) is 4.29. The molecule has 0 aliphatic carbocycles. The largest absolute Gasteiger partial charge is 0.504 e. The maximum atomic E-state index is 13.6. The molecule has 0 unspecified atom stereocenters. The van der Waals surface area contributed by atoms with Crippen molar-refractivity contribution < 1.29 is 19.4 Å². The van der Waals surface area contributed by atoms with Gasteiger partial charge in [-0.05, 0) is 73.2 Å². The van der Waals surface area contributed by atoms with Crippen LogP contribution in [-0.2, 0) is 0 Å². The van der Waals surface area contributed by atoms with E-state index in [2.05, 4.69) is 26.1 Å². The van der Waals surface area contributed by atoms with Gasteiger partial charge in [0.25, 0.3) is 5.91 Å². The van der Waals surface area contributed by atoms with E-state index in [1.165, 1.54) is 0 Å². The molecule has 2 heterocycles. The minimum Gasteiger partial charge on any atom is -0.504 e. The van der Waals surface area contributed by atoms with Crippen molar-refractivity contribution in [3.8, 4) is 28.5 Å². The number of hydrogen-bond acceptors (Lipinski definition) is 5. The lowest BCUT2D eigenvalue weighted by molar-refractivity contribution is 0.0988. The van der Waals surface area contributed by atoms with Gasteiger partial charge in [0.15, 0.2) is 11.5 Å². The zero-order valence-electron chi connectivity index (χ0n) is 18.6. The first kappa shape index (κ1) is 22.0. The number of phenols is 1. The number of amides is 1. The summed E-state index contributed by atoms with van der Waals surface area (Å²) in [6.07, 6.45) is 0. The van der Waals surface area contributed by atoms with Crippen LogP contribution >= 0.6 is 15.9 Å². The number of nitrogens with one attached hydrogen (secondary N) is 1. The molecule has 1 aromatic heterocycles. The molecule has 0 spiro atoms. The molecule has 34 heavy (non-hydrogen) atoms. The molecule has 2 N–H and O–H groups in total. The monoisotopic (exact) mass is 519 g/mol. The Labute approximate surface area is 205 Å². The minimum atomic E-state index is -0.473. The van der Waals surface area contributed by atoms with E-state index in [0.717, 1.165) is 32.6 Å². The summed E-state index contributed by atoms with van der Waals surface area (Å²) in [5, 5.41) is 17.7. The Morgan fingerprint density at radius 2 is 1.82 bits per heavy atom. The molecule has 0 saturated carbocycles. The summed E-state index contributed by atoms with van der Waals surface area (Å²) in [7, 11) is 1.62. The number of rotatable bonds is 6. The van der Waals surface area contributed by atoms with E-state index in [1.807, 2.05) is 61.5 Å². The number of nitrogens with zero attached hydrogens (tertiary/aromatic N) is 2. The molecule has 5 rings (SSSR count). The molecule has 7 nitrogen and oxygen atoms in total. The number of halogens is 1. The number of fused-ring (bicyclic) bond motifs is 1. The van der Waals surface area contributed by atoms with E-state index in [-0.39, 0.29) is 11.7 Å². The molecule has 1 atom stereocenters. The van der Waals surface area contributed by atoms with Crippen molar-refractivity contribution >= 4 is 27.5 Å². The normalized spacial score (nSPS) is 14.9. The first-order valence-corrected chi connectivity index (χ1v) is 11.6. The molecular weight excluding hydrogens is 498 g/mol. The van der Waals surface area contributed by atoms with Crippen molar-refractivity contribution in [3.05, 3.63) is 88.0 Å². The lowest BCUT2D eigenvalue weighted by Crippen LogP contribution is -2.29. The molecule has 172 valence electrons. The fourth-order valence-corrected chi connectivity index (χ4v) is 4.54. The second-order valence-corrected chi connectivity index (χ2v) is 8.72. The van der Waals surface area contributed by atoms with Gasteiger partial charge in [-0.3, -0.25) is 14.8 Å². The van der Waals surface area contributed by atoms with Crippen LogP contribution in [0.15, 0.2) is 71.2 Å². The number of benzene rings is 3. The number of aromatic hydroxyl groups is 1. The molecule has 1 aliphatic heterocycles. The number of aromatic amines is 1. The predicted octanol–water partition coefficient (Wildman–Crippen LogP) is 5.70. The van der Waals surface area contributed by atoms with E-state index < -0.39 is 6.04 Å². The Morgan fingerprint density at radius 3 is 2.50 bits per heavy atom. The summed E-state index contributed by atoms with van der Waals surface area (Å²) in [6.45, 7) is 2.26. The van der Waals surface area contributed by atoms with Crippen molar-refractivity contribution in [2.45, 2.75) is 13.0 Å². The van der Waals surface area contributed by atoms with E-state index in [1.54, 1.807) is 24.1 Å². The number of hydrogen-bond donors (Lipinski definition) is 2. The predicted molar refractivity (Wildman–Crippen MR) is 133 cm³/mol. The molecule has 3 aromatic carbocycles. The third-order valence-electron chi connectivity index (χ3n) is 5.84. The topological polar surface area (TPSA) is 87.7 Å². The first-order valence-electron chi connectivity index (χ1n) is 10.8. The maximum absolute atomic E-state index is 13.6. The Bertz CT molecular complexity index is 1350. The number of aromatic nitrogens is 2. The lowest BCUT2D eigenvalue weighted by Gasteiger charge is -2.27. The van der Waals surface area contributed by atoms with Gasteiger partial charge in [0.05, 0.1) is 25.5 Å². The van der Waals surface area contributed by atoms with Crippen LogP contribution in [0, 0.1) is 0 Å². The first-order chi connectivity index (χ1) is 16.5. The number of phenolic OH excluding ortho intramolecular Hbond substituents is 1. The number of carbonyl (C=O) groups excluding carboxylic acids is 1. The summed E-state index contributed by atoms with van der Waals surface area (Å²) in [5.74, 6) is 0.972. The Kier molecular flexibility index (Phi) is 5.75. The molecule has 0 fully saturated rings. The molecular formula is C26H22BrN3O4. The van der Waals surface area contributed by atoms with Gasteiger partial charge in [0.2, 0.25) is 0 Å². The number of carbonyl (C=O) groups is 1. The lowest BCUT2D eigenvalue weighted by atomic mass is 9.95. The van der Waals surface area contributed by atoms with E-state index in [4.69, 9.17) is 9.47 Å². The zero-order chi connectivity index (χ0) is 23.8. The standard InChI is InChI=1S/C26H22BrN3O4/c1-3-34-21-14-16(6-13-20(21)31)25-22-23(15-4-11-19(33-2)12-5-15)28-29-24(22)26(32)30(25)18-9-7-17(27)8-10-18/h4-14,25,31H,3H2,1-2H3,(H,28,29)/t25-/m0/s1. The van der Waals surface area contributed by atoms with Crippen molar-refractivity contribution in [3.63, 3.8) is 0 Å². The maximum Gasteiger partial charge on any atom is 0.277 e. The molecule has 0 saturated heterocycles.